The molecule has 0 aromatic heterocycles. The predicted octanol–water partition coefficient (Wildman–Crippen LogP) is 1.73. The summed E-state index contributed by atoms with van der Waals surface area (Å²) >= 11 is 0. The summed E-state index contributed by atoms with van der Waals surface area (Å²) in [5, 5.41) is 16.6. The standard InChI is InChI=1S/C20H24N4O6S/c1-21-19-7-6-17(24(26)27)12-18(19)20(25)22-13-15-4-2-3-5-16(15)14-31(28,29)23-8-10-30-11-9-23/h2-7,12,21H,8-11,13-14H2,1H3,(H,22,25). The van der Waals surface area contributed by atoms with Crippen molar-refractivity contribution in [3.8, 4) is 0 Å². The van der Waals surface area contributed by atoms with Crippen LogP contribution in [0, 0.1) is 10.1 Å². The summed E-state index contributed by atoms with van der Waals surface area (Å²) in [5.74, 6) is -0.684. The molecule has 10 nitrogen and oxygen atoms in total. The molecule has 0 saturated carbocycles. The van der Waals surface area contributed by atoms with Crippen LogP contribution in [-0.2, 0) is 27.1 Å². The molecule has 0 aliphatic carbocycles. The minimum Gasteiger partial charge on any atom is -0.387 e. The average molecular weight is 449 g/mol. The minimum atomic E-state index is -3.52. The summed E-state index contributed by atoms with van der Waals surface area (Å²) in [6, 6.07) is 11.0. The second-order valence-electron chi connectivity index (χ2n) is 6.96. The van der Waals surface area contributed by atoms with Crippen LogP contribution in [0.15, 0.2) is 42.5 Å². The van der Waals surface area contributed by atoms with Crippen LogP contribution in [0.4, 0.5) is 11.4 Å². The third-order valence-corrected chi connectivity index (χ3v) is 6.81. The fraction of sp³-hybridized carbons (Fsp3) is 0.350. The van der Waals surface area contributed by atoms with Crippen LogP contribution >= 0.6 is 0 Å². The van der Waals surface area contributed by atoms with Crippen LogP contribution in [0.5, 0.6) is 0 Å². The van der Waals surface area contributed by atoms with Crippen LogP contribution in [0.1, 0.15) is 21.5 Å². The van der Waals surface area contributed by atoms with Crippen LogP contribution < -0.4 is 10.6 Å². The predicted molar refractivity (Wildman–Crippen MR) is 115 cm³/mol. The first-order valence-electron chi connectivity index (χ1n) is 9.68. The van der Waals surface area contributed by atoms with Crippen molar-refractivity contribution in [2.24, 2.45) is 0 Å². The monoisotopic (exact) mass is 448 g/mol. The molecule has 1 aliphatic rings. The van der Waals surface area contributed by atoms with E-state index in [1.54, 1.807) is 31.3 Å². The van der Waals surface area contributed by atoms with Crippen LogP contribution in [0.3, 0.4) is 0 Å². The molecule has 0 spiro atoms. The largest absolute Gasteiger partial charge is 0.387 e. The number of benzene rings is 2. The van der Waals surface area contributed by atoms with E-state index in [0.29, 0.717) is 43.1 Å². The van der Waals surface area contributed by atoms with Crippen molar-refractivity contribution >= 4 is 27.3 Å². The van der Waals surface area contributed by atoms with Crippen molar-refractivity contribution in [1.82, 2.24) is 9.62 Å². The number of nitro groups is 1. The highest BCUT2D eigenvalue weighted by Gasteiger charge is 2.25. The van der Waals surface area contributed by atoms with E-state index in [-0.39, 0.29) is 23.5 Å². The minimum absolute atomic E-state index is 0.0828. The summed E-state index contributed by atoms with van der Waals surface area (Å²) in [6.45, 7) is 1.46. The summed E-state index contributed by atoms with van der Waals surface area (Å²) in [4.78, 5) is 23.2. The maximum Gasteiger partial charge on any atom is 0.270 e. The number of carbonyl (C=O) groups excluding carboxylic acids is 1. The van der Waals surface area contributed by atoms with Gasteiger partial charge >= 0.3 is 0 Å². The fourth-order valence-electron chi connectivity index (χ4n) is 3.31. The third-order valence-electron chi connectivity index (χ3n) is 4.99. The van der Waals surface area contributed by atoms with E-state index >= 15 is 0 Å². The number of hydrogen-bond acceptors (Lipinski definition) is 7. The van der Waals surface area contributed by atoms with Gasteiger partial charge in [-0.1, -0.05) is 24.3 Å². The Morgan fingerprint density at radius 3 is 2.48 bits per heavy atom. The Morgan fingerprint density at radius 2 is 1.84 bits per heavy atom. The number of non-ortho nitro benzene ring substituents is 1. The van der Waals surface area contributed by atoms with E-state index in [0.717, 1.165) is 0 Å². The Bertz CT molecular complexity index is 1070. The van der Waals surface area contributed by atoms with Crippen LogP contribution in [0.2, 0.25) is 0 Å². The first kappa shape index (κ1) is 22.7. The lowest BCUT2D eigenvalue weighted by Crippen LogP contribution is -2.41. The van der Waals surface area contributed by atoms with Gasteiger partial charge in [0.1, 0.15) is 0 Å². The number of anilines is 1. The maximum atomic E-state index is 12.8. The van der Waals surface area contributed by atoms with Gasteiger partial charge in [-0.2, -0.15) is 4.31 Å². The normalized spacial score (nSPS) is 14.7. The highest BCUT2D eigenvalue weighted by Crippen LogP contribution is 2.22. The van der Waals surface area contributed by atoms with Crippen LogP contribution in [-0.4, -0.2) is 56.9 Å². The number of hydrogen-bond donors (Lipinski definition) is 2. The molecule has 2 N–H and O–H groups in total. The van der Waals surface area contributed by atoms with Gasteiger partial charge in [0.05, 0.1) is 29.5 Å². The zero-order valence-electron chi connectivity index (χ0n) is 17.0. The molecule has 1 saturated heterocycles. The van der Waals surface area contributed by atoms with E-state index in [9.17, 15) is 23.3 Å². The molecule has 1 heterocycles. The SMILES string of the molecule is CNc1ccc([N+](=O)[O-])cc1C(=O)NCc1ccccc1CS(=O)(=O)N1CCOCC1. The van der Waals surface area contributed by atoms with Crippen LogP contribution in [0.25, 0.3) is 0 Å². The molecular formula is C20H24N4O6S. The second-order valence-corrected chi connectivity index (χ2v) is 8.92. The lowest BCUT2D eigenvalue weighted by atomic mass is 10.1. The molecule has 1 amide bonds. The fourth-order valence-corrected chi connectivity index (χ4v) is 4.87. The first-order valence-corrected chi connectivity index (χ1v) is 11.3. The summed E-state index contributed by atoms with van der Waals surface area (Å²) in [7, 11) is -1.90. The van der Waals surface area contributed by atoms with Gasteiger partial charge in [0, 0.05) is 44.5 Å². The van der Waals surface area contributed by atoms with Gasteiger partial charge in [0.15, 0.2) is 0 Å². The van der Waals surface area contributed by atoms with Crippen molar-refractivity contribution in [2.75, 3.05) is 38.7 Å². The summed E-state index contributed by atoms with van der Waals surface area (Å²) < 4.78 is 32.2. The number of nitro benzene ring substituents is 1. The van der Waals surface area contributed by atoms with Gasteiger partial charge < -0.3 is 15.4 Å². The van der Waals surface area contributed by atoms with E-state index in [1.165, 1.54) is 22.5 Å². The number of sulfonamides is 1. The van der Waals surface area contributed by atoms with E-state index in [1.807, 2.05) is 0 Å². The Kier molecular flexibility index (Phi) is 7.21. The molecule has 166 valence electrons. The molecule has 3 rings (SSSR count). The number of rotatable bonds is 8. The van der Waals surface area contributed by atoms with Gasteiger partial charge in [-0.05, 0) is 17.2 Å². The first-order chi connectivity index (χ1) is 14.8. The zero-order valence-corrected chi connectivity index (χ0v) is 17.9. The maximum absolute atomic E-state index is 12.8. The van der Waals surface area contributed by atoms with Gasteiger partial charge in [-0.3, -0.25) is 14.9 Å². The van der Waals surface area contributed by atoms with E-state index in [4.69, 9.17) is 4.74 Å². The van der Waals surface area contributed by atoms with Gasteiger partial charge in [-0.15, -0.1) is 0 Å². The molecule has 0 unspecified atom stereocenters. The highest BCUT2D eigenvalue weighted by molar-refractivity contribution is 7.88. The number of nitrogens with zero attached hydrogens (tertiary/aromatic N) is 2. The molecule has 2 aromatic carbocycles. The molecule has 1 aliphatic heterocycles. The molecule has 0 bridgehead atoms. The number of morpholine rings is 1. The molecule has 31 heavy (non-hydrogen) atoms. The molecule has 0 atom stereocenters. The second kappa shape index (κ2) is 9.86. The van der Waals surface area contributed by atoms with Crippen molar-refractivity contribution in [3.63, 3.8) is 0 Å². The Morgan fingerprint density at radius 1 is 1.16 bits per heavy atom. The molecular weight excluding hydrogens is 424 g/mol. The smallest absolute Gasteiger partial charge is 0.270 e. The van der Waals surface area contributed by atoms with Gasteiger partial charge in [0.25, 0.3) is 11.6 Å². The Hall–Kier alpha value is -3.02. The molecule has 11 heteroatoms. The lowest BCUT2D eigenvalue weighted by molar-refractivity contribution is -0.384. The molecule has 2 aromatic rings. The van der Waals surface area contributed by atoms with Crippen molar-refractivity contribution in [1.29, 1.82) is 0 Å². The van der Waals surface area contributed by atoms with Crippen molar-refractivity contribution in [2.45, 2.75) is 12.3 Å². The third kappa shape index (κ3) is 5.57. The van der Waals surface area contributed by atoms with Gasteiger partial charge in [-0.25, -0.2) is 8.42 Å². The quantitative estimate of drug-likeness (QED) is 0.464. The number of carbonyl (C=O) groups is 1. The highest BCUT2D eigenvalue weighted by atomic mass is 32.2. The summed E-state index contributed by atoms with van der Waals surface area (Å²) in [5.41, 5.74) is 1.63. The summed E-state index contributed by atoms with van der Waals surface area (Å²) in [6.07, 6.45) is 0. The topological polar surface area (TPSA) is 131 Å². The number of ether oxygens (including phenoxy) is 1. The zero-order chi connectivity index (χ0) is 22.4. The lowest BCUT2D eigenvalue weighted by Gasteiger charge is -2.26. The number of nitrogens with one attached hydrogen (secondary N) is 2. The average Bonchev–Trinajstić information content (AvgIpc) is 2.78. The van der Waals surface area contributed by atoms with Gasteiger partial charge in [0.2, 0.25) is 10.0 Å². The van der Waals surface area contributed by atoms with E-state index < -0.39 is 20.9 Å². The molecule has 1 fully saturated rings. The number of amides is 1. The Balaban J connectivity index is 1.75. The van der Waals surface area contributed by atoms with Crippen molar-refractivity contribution in [3.05, 3.63) is 69.3 Å². The van der Waals surface area contributed by atoms with E-state index in [2.05, 4.69) is 10.6 Å². The van der Waals surface area contributed by atoms with Crippen molar-refractivity contribution < 1.29 is 22.9 Å². The Labute approximate surface area is 180 Å². The molecule has 0 radical (unpaired) electrons.